The smallest absolute Gasteiger partial charge is 0.196 e. The van der Waals surface area contributed by atoms with Gasteiger partial charge in [-0.1, -0.05) is 44.1 Å². The molecule has 0 saturated carbocycles. The summed E-state index contributed by atoms with van der Waals surface area (Å²) >= 11 is 7.41. The first-order valence-corrected chi connectivity index (χ1v) is 9.50. The van der Waals surface area contributed by atoms with Crippen LogP contribution in [0.25, 0.3) is 17.1 Å². The van der Waals surface area contributed by atoms with Crippen LogP contribution in [0.1, 0.15) is 20.8 Å². The molecule has 0 spiro atoms. The number of nitrogens with zero attached hydrogens (tertiary/aromatic N) is 4. The third-order valence-corrected chi connectivity index (χ3v) is 5.01. The third-order valence-electron chi connectivity index (χ3n) is 3.83. The first-order chi connectivity index (χ1) is 12.4. The van der Waals surface area contributed by atoms with Crippen LogP contribution in [0.3, 0.4) is 0 Å². The molecule has 2 heterocycles. The molecule has 0 aliphatic carbocycles. The van der Waals surface area contributed by atoms with Gasteiger partial charge in [0.1, 0.15) is 5.78 Å². The molecule has 0 fully saturated rings. The number of thioether (sulfide) groups is 1. The number of pyridine rings is 1. The number of Topliss-reactive ketones (excluding diaryl/α,β-unsaturated/α-hetero) is 1. The number of benzene rings is 1. The number of ketones is 1. The summed E-state index contributed by atoms with van der Waals surface area (Å²) in [6.07, 6.45) is 3.43. The van der Waals surface area contributed by atoms with Gasteiger partial charge in [0.15, 0.2) is 11.0 Å². The molecule has 3 rings (SSSR count). The highest BCUT2D eigenvalue weighted by molar-refractivity contribution is 7.99. The van der Waals surface area contributed by atoms with Crippen LogP contribution in [0.4, 0.5) is 0 Å². The summed E-state index contributed by atoms with van der Waals surface area (Å²) in [5, 5.41) is 9.98. The lowest BCUT2D eigenvalue weighted by Gasteiger charge is -2.16. The number of carbonyl (C=O) groups excluding carboxylic acids is 1. The van der Waals surface area contributed by atoms with E-state index in [0.717, 1.165) is 11.3 Å². The molecule has 0 radical (unpaired) electrons. The van der Waals surface area contributed by atoms with Gasteiger partial charge in [0.2, 0.25) is 0 Å². The van der Waals surface area contributed by atoms with Gasteiger partial charge >= 0.3 is 0 Å². The van der Waals surface area contributed by atoms with Crippen LogP contribution in [0.5, 0.6) is 0 Å². The Balaban J connectivity index is 2.01. The molecule has 0 amide bonds. The SMILES string of the molecule is CC(C)(C)C(=O)CSc1nnc(-c2ccncc2)n1-c1ccc(Cl)cc1. The van der Waals surface area contributed by atoms with Gasteiger partial charge in [-0.25, -0.2) is 0 Å². The number of halogens is 1. The third kappa shape index (κ3) is 4.14. The first-order valence-electron chi connectivity index (χ1n) is 8.14. The molecular formula is C19H19ClN4OS. The standard InChI is InChI=1S/C19H19ClN4OS/c1-19(2,3)16(25)12-26-18-23-22-17(13-8-10-21-11-9-13)24(18)15-6-4-14(20)5-7-15/h4-11H,12H2,1-3H3. The van der Waals surface area contributed by atoms with E-state index in [1.807, 2.05) is 61.7 Å². The Morgan fingerprint density at radius 2 is 1.73 bits per heavy atom. The van der Waals surface area contributed by atoms with E-state index in [2.05, 4.69) is 15.2 Å². The lowest BCUT2D eigenvalue weighted by Crippen LogP contribution is -2.22. The predicted octanol–water partition coefficient (Wildman–Crippen LogP) is 4.69. The summed E-state index contributed by atoms with van der Waals surface area (Å²) in [7, 11) is 0. The summed E-state index contributed by atoms with van der Waals surface area (Å²) in [6, 6.07) is 11.2. The molecule has 0 N–H and O–H groups in total. The Bertz CT molecular complexity index is 902. The molecule has 0 aliphatic rings. The van der Waals surface area contributed by atoms with Gasteiger partial charge in [0.25, 0.3) is 0 Å². The van der Waals surface area contributed by atoms with Crippen molar-refractivity contribution >= 4 is 29.1 Å². The zero-order valence-electron chi connectivity index (χ0n) is 14.8. The predicted molar refractivity (Wildman–Crippen MR) is 105 cm³/mol. The summed E-state index contributed by atoms with van der Waals surface area (Å²) < 4.78 is 1.94. The fourth-order valence-corrected chi connectivity index (χ4v) is 3.46. The Kier molecular flexibility index (Phi) is 5.44. The molecule has 3 aromatic rings. The Morgan fingerprint density at radius 3 is 2.35 bits per heavy atom. The van der Waals surface area contributed by atoms with Crippen LogP contribution in [-0.4, -0.2) is 31.3 Å². The highest BCUT2D eigenvalue weighted by atomic mass is 35.5. The minimum absolute atomic E-state index is 0.165. The Labute approximate surface area is 161 Å². The Morgan fingerprint density at radius 1 is 1.08 bits per heavy atom. The van der Waals surface area contributed by atoms with E-state index < -0.39 is 0 Å². The lowest BCUT2D eigenvalue weighted by molar-refractivity contribution is -0.123. The topological polar surface area (TPSA) is 60.7 Å². The average Bonchev–Trinajstić information content (AvgIpc) is 3.04. The number of aromatic nitrogens is 4. The van der Waals surface area contributed by atoms with E-state index in [-0.39, 0.29) is 11.2 Å². The highest BCUT2D eigenvalue weighted by Gasteiger charge is 2.23. The number of rotatable bonds is 5. The van der Waals surface area contributed by atoms with Crippen molar-refractivity contribution < 1.29 is 4.79 Å². The molecule has 0 unspecified atom stereocenters. The fourth-order valence-electron chi connectivity index (χ4n) is 2.22. The van der Waals surface area contributed by atoms with Crippen LogP contribution >= 0.6 is 23.4 Å². The average molecular weight is 387 g/mol. The number of carbonyl (C=O) groups is 1. The van der Waals surface area contributed by atoms with Crippen molar-refractivity contribution in [2.45, 2.75) is 25.9 Å². The van der Waals surface area contributed by atoms with Crippen molar-refractivity contribution in [3.63, 3.8) is 0 Å². The van der Waals surface area contributed by atoms with Gasteiger partial charge in [-0.2, -0.15) is 0 Å². The van der Waals surface area contributed by atoms with E-state index in [0.29, 0.717) is 21.8 Å². The summed E-state index contributed by atoms with van der Waals surface area (Å²) in [5.41, 5.74) is 1.40. The fraction of sp³-hybridized carbons (Fsp3) is 0.263. The highest BCUT2D eigenvalue weighted by Crippen LogP contribution is 2.29. The maximum atomic E-state index is 12.3. The maximum Gasteiger partial charge on any atom is 0.196 e. The number of hydrogen-bond donors (Lipinski definition) is 0. The molecule has 0 saturated heterocycles. The normalized spacial score (nSPS) is 11.5. The van der Waals surface area contributed by atoms with Gasteiger partial charge in [0.05, 0.1) is 5.75 Å². The van der Waals surface area contributed by atoms with Crippen molar-refractivity contribution in [2.75, 3.05) is 5.75 Å². The summed E-state index contributed by atoms with van der Waals surface area (Å²) in [4.78, 5) is 16.4. The van der Waals surface area contributed by atoms with Crippen LogP contribution in [-0.2, 0) is 4.79 Å². The van der Waals surface area contributed by atoms with Crippen molar-refractivity contribution in [3.05, 3.63) is 53.8 Å². The largest absolute Gasteiger partial charge is 0.298 e. The molecule has 0 bridgehead atoms. The van der Waals surface area contributed by atoms with Gasteiger partial charge in [-0.3, -0.25) is 14.3 Å². The molecule has 1 aromatic carbocycles. The van der Waals surface area contributed by atoms with E-state index in [1.165, 1.54) is 11.8 Å². The molecule has 2 aromatic heterocycles. The van der Waals surface area contributed by atoms with Crippen LogP contribution in [0.15, 0.2) is 53.9 Å². The van der Waals surface area contributed by atoms with Crippen molar-refractivity contribution in [1.82, 2.24) is 19.7 Å². The van der Waals surface area contributed by atoms with Gasteiger partial charge in [-0.05, 0) is 36.4 Å². The van der Waals surface area contributed by atoms with E-state index in [4.69, 9.17) is 11.6 Å². The zero-order valence-corrected chi connectivity index (χ0v) is 16.4. The van der Waals surface area contributed by atoms with Crippen LogP contribution in [0.2, 0.25) is 5.02 Å². The van der Waals surface area contributed by atoms with E-state index in [1.54, 1.807) is 12.4 Å². The van der Waals surface area contributed by atoms with Crippen LogP contribution in [0, 0.1) is 5.41 Å². The number of hydrogen-bond acceptors (Lipinski definition) is 5. The maximum absolute atomic E-state index is 12.3. The van der Waals surface area contributed by atoms with Crippen molar-refractivity contribution in [3.8, 4) is 17.1 Å². The summed E-state index contributed by atoms with van der Waals surface area (Å²) in [6.45, 7) is 5.76. The monoisotopic (exact) mass is 386 g/mol. The van der Waals surface area contributed by atoms with Crippen LogP contribution < -0.4 is 0 Å². The molecule has 0 atom stereocenters. The molecule has 134 valence electrons. The second-order valence-electron chi connectivity index (χ2n) is 6.82. The summed E-state index contributed by atoms with van der Waals surface area (Å²) in [5.74, 6) is 1.20. The molecule has 7 heteroatoms. The quantitative estimate of drug-likeness (QED) is 0.595. The Hall–Kier alpha value is -2.18. The molecule has 26 heavy (non-hydrogen) atoms. The minimum Gasteiger partial charge on any atom is -0.298 e. The first kappa shape index (κ1) is 18.6. The second-order valence-corrected chi connectivity index (χ2v) is 8.19. The molecule has 5 nitrogen and oxygen atoms in total. The van der Waals surface area contributed by atoms with E-state index in [9.17, 15) is 4.79 Å². The van der Waals surface area contributed by atoms with Gasteiger partial charge in [-0.15, -0.1) is 10.2 Å². The minimum atomic E-state index is -0.383. The zero-order chi connectivity index (χ0) is 18.7. The second kappa shape index (κ2) is 7.60. The lowest BCUT2D eigenvalue weighted by atomic mass is 9.92. The molecule has 0 aliphatic heterocycles. The molecular weight excluding hydrogens is 368 g/mol. The van der Waals surface area contributed by atoms with Gasteiger partial charge < -0.3 is 0 Å². The van der Waals surface area contributed by atoms with Crippen molar-refractivity contribution in [1.29, 1.82) is 0 Å². The van der Waals surface area contributed by atoms with Crippen molar-refractivity contribution in [2.24, 2.45) is 5.41 Å². The van der Waals surface area contributed by atoms with E-state index >= 15 is 0 Å². The van der Waals surface area contributed by atoms with Gasteiger partial charge in [0, 0.05) is 34.1 Å².